The zero-order valence-corrected chi connectivity index (χ0v) is 28.3. The molecule has 1 saturated heterocycles. The van der Waals surface area contributed by atoms with Gasteiger partial charge in [-0.25, -0.2) is 4.79 Å². The Labute approximate surface area is 274 Å². The molecular weight excluding hydrogens is 616 g/mol. The number of halogens is 1. The molecule has 3 heterocycles. The Morgan fingerprint density at radius 2 is 1.80 bits per heavy atom. The van der Waals surface area contributed by atoms with E-state index in [1.807, 2.05) is 24.3 Å². The number of piperidine rings is 1. The van der Waals surface area contributed by atoms with E-state index in [9.17, 15) is 9.59 Å². The molecule has 246 valence electrons. The zero-order valence-electron chi connectivity index (χ0n) is 26.8. The van der Waals surface area contributed by atoms with Gasteiger partial charge in [-0.3, -0.25) is 25.5 Å². The molecule has 1 aromatic heterocycles. The minimum absolute atomic E-state index is 0.0161. The molecule has 4 rings (SSSR count). The van der Waals surface area contributed by atoms with E-state index >= 15 is 0 Å². The molecule has 2 unspecified atom stereocenters. The van der Waals surface area contributed by atoms with Gasteiger partial charge in [0.1, 0.15) is 23.3 Å². The summed E-state index contributed by atoms with van der Waals surface area (Å²) in [5.74, 6) is 1.12. The summed E-state index contributed by atoms with van der Waals surface area (Å²) in [6.07, 6.45) is 1.01. The minimum atomic E-state index is -0.316. The Morgan fingerprint density at radius 1 is 1.13 bits per heavy atom. The van der Waals surface area contributed by atoms with Gasteiger partial charge in [0.25, 0.3) is 0 Å². The molecule has 13 heteroatoms. The summed E-state index contributed by atoms with van der Waals surface area (Å²) < 4.78 is 15.8. The lowest BCUT2D eigenvalue weighted by molar-refractivity contribution is -0.149. The van der Waals surface area contributed by atoms with E-state index in [1.54, 1.807) is 30.1 Å². The molecule has 2 aliphatic heterocycles. The van der Waals surface area contributed by atoms with E-state index in [2.05, 4.69) is 29.5 Å². The van der Waals surface area contributed by atoms with Crippen LogP contribution in [0.3, 0.4) is 0 Å². The lowest BCUT2D eigenvalue weighted by Crippen LogP contribution is -2.40. The van der Waals surface area contributed by atoms with Crippen molar-refractivity contribution in [1.82, 2.24) is 10.6 Å². The van der Waals surface area contributed by atoms with Crippen LogP contribution in [0.1, 0.15) is 48.8 Å². The van der Waals surface area contributed by atoms with Crippen LogP contribution in [0.15, 0.2) is 29.3 Å². The van der Waals surface area contributed by atoms with Gasteiger partial charge in [0, 0.05) is 47.6 Å². The number of ether oxygens (including phenoxy) is 3. The number of nitrogens with zero attached hydrogens (tertiary/aromatic N) is 2. The number of aliphatic imine (C=N–C) groups is 1. The summed E-state index contributed by atoms with van der Waals surface area (Å²) in [7, 11) is 0. The molecule has 2 atom stereocenters. The second-order valence-electron chi connectivity index (χ2n) is 11.0. The third-order valence-electron chi connectivity index (χ3n) is 7.30. The summed E-state index contributed by atoms with van der Waals surface area (Å²) in [5.41, 5.74) is 4.02. The molecule has 2 aliphatic rings. The molecular formula is C32H45ClN6O5S. The Kier molecular flexibility index (Phi) is 14.6. The summed E-state index contributed by atoms with van der Waals surface area (Å²) >= 11 is 7.61. The SMILES string of the molecule is CC(=N)N1C(=N)CN=C(c2ccc(Cl)cc2)c2c1sc(C)c2C.CCOC(=O)COCC1CNCC(COCCNC(C)=O)C1. The van der Waals surface area contributed by atoms with Gasteiger partial charge in [-0.05, 0) is 63.6 Å². The van der Waals surface area contributed by atoms with Crippen LogP contribution in [0.2, 0.25) is 5.02 Å². The van der Waals surface area contributed by atoms with Crippen LogP contribution in [-0.2, 0) is 23.8 Å². The number of hydrogen-bond donors (Lipinski definition) is 4. The fourth-order valence-electron chi connectivity index (χ4n) is 5.11. The Hall–Kier alpha value is -3.16. The predicted molar refractivity (Wildman–Crippen MR) is 181 cm³/mol. The number of benzene rings is 1. The Balaban J connectivity index is 0.000000246. The van der Waals surface area contributed by atoms with Crippen LogP contribution < -0.4 is 15.5 Å². The number of amides is 1. The monoisotopic (exact) mass is 660 g/mol. The first kappa shape index (κ1) is 36.3. The number of amidine groups is 2. The number of esters is 1. The first-order valence-corrected chi connectivity index (χ1v) is 16.3. The molecule has 0 saturated carbocycles. The maximum Gasteiger partial charge on any atom is 0.332 e. The maximum atomic E-state index is 11.2. The van der Waals surface area contributed by atoms with Gasteiger partial charge in [0.05, 0.1) is 38.7 Å². The second-order valence-corrected chi connectivity index (χ2v) is 12.6. The molecule has 45 heavy (non-hydrogen) atoms. The van der Waals surface area contributed by atoms with Gasteiger partial charge in [-0.2, -0.15) is 0 Å². The van der Waals surface area contributed by atoms with Gasteiger partial charge in [0.15, 0.2) is 0 Å². The lowest BCUT2D eigenvalue weighted by atomic mass is 9.91. The second kappa shape index (κ2) is 18.1. The highest BCUT2D eigenvalue weighted by molar-refractivity contribution is 7.17. The smallest absolute Gasteiger partial charge is 0.332 e. The average Bonchev–Trinajstić information content (AvgIpc) is 3.18. The van der Waals surface area contributed by atoms with E-state index in [-0.39, 0.29) is 25.0 Å². The van der Waals surface area contributed by atoms with Crippen molar-refractivity contribution < 1.29 is 23.8 Å². The molecule has 0 radical (unpaired) electrons. The third kappa shape index (κ3) is 11.0. The van der Waals surface area contributed by atoms with Crippen LogP contribution in [0, 0.1) is 36.5 Å². The molecule has 1 aromatic carbocycles. The van der Waals surface area contributed by atoms with E-state index in [0.717, 1.165) is 46.9 Å². The van der Waals surface area contributed by atoms with E-state index in [4.69, 9.17) is 36.6 Å². The highest BCUT2D eigenvalue weighted by atomic mass is 35.5. The van der Waals surface area contributed by atoms with Gasteiger partial charge >= 0.3 is 5.97 Å². The van der Waals surface area contributed by atoms with Gasteiger partial charge in [0.2, 0.25) is 5.91 Å². The van der Waals surface area contributed by atoms with Crippen molar-refractivity contribution in [3.8, 4) is 0 Å². The van der Waals surface area contributed by atoms with Gasteiger partial charge < -0.3 is 24.8 Å². The Morgan fingerprint density at radius 3 is 2.42 bits per heavy atom. The topological polar surface area (TPSA) is 149 Å². The Bertz CT molecular complexity index is 1360. The zero-order chi connectivity index (χ0) is 32.9. The van der Waals surface area contributed by atoms with Crippen molar-refractivity contribution in [3.05, 3.63) is 50.9 Å². The number of fused-ring (bicyclic) bond motifs is 1. The van der Waals surface area contributed by atoms with Crippen molar-refractivity contribution in [2.45, 2.75) is 41.0 Å². The number of carbonyl (C=O) groups excluding carboxylic acids is 2. The summed E-state index contributed by atoms with van der Waals surface area (Å²) in [4.78, 5) is 29.4. The van der Waals surface area contributed by atoms with Crippen LogP contribution >= 0.6 is 22.9 Å². The van der Waals surface area contributed by atoms with Crippen LogP contribution in [0.5, 0.6) is 0 Å². The lowest BCUT2D eigenvalue weighted by Gasteiger charge is -2.29. The van der Waals surface area contributed by atoms with Crippen LogP contribution in [0.25, 0.3) is 0 Å². The first-order chi connectivity index (χ1) is 21.5. The average molecular weight is 661 g/mol. The fraction of sp³-hybridized carbons (Fsp3) is 0.531. The molecule has 2 aromatic rings. The normalized spacial score (nSPS) is 17.8. The molecule has 0 bridgehead atoms. The highest BCUT2D eigenvalue weighted by Crippen LogP contribution is 2.39. The fourth-order valence-corrected chi connectivity index (χ4v) is 6.48. The van der Waals surface area contributed by atoms with Crippen LogP contribution in [-0.4, -0.2) is 88.5 Å². The molecule has 4 N–H and O–H groups in total. The number of thiophene rings is 1. The molecule has 1 fully saturated rings. The third-order valence-corrected chi connectivity index (χ3v) is 8.75. The van der Waals surface area contributed by atoms with Crippen molar-refractivity contribution >= 4 is 57.2 Å². The molecule has 11 nitrogen and oxygen atoms in total. The van der Waals surface area contributed by atoms with Crippen LogP contribution in [0.4, 0.5) is 5.00 Å². The largest absolute Gasteiger partial charge is 0.464 e. The van der Waals surface area contributed by atoms with E-state index in [0.29, 0.717) is 61.5 Å². The molecule has 0 spiro atoms. The van der Waals surface area contributed by atoms with Crippen molar-refractivity contribution in [2.24, 2.45) is 16.8 Å². The highest BCUT2D eigenvalue weighted by Gasteiger charge is 2.29. The van der Waals surface area contributed by atoms with Crippen molar-refractivity contribution in [3.63, 3.8) is 0 Å². The number of carbonyl (C=O) groups is 2. The first-order valence-electron chi connectivity index (χ1n) is 15.1. The summed E-state index contributed by atoms with van der Waals surface area (Å²) in [5, 5.41) is 24.0. The number of anilines is 1. The van der Waals surface area contributed by atoms with Crippen molar-refractivity contribution in [1.29, 1.82) is 10.8 Å². The van der Waals surface area contributed by atoms with E-state index < -0.39 is 0 Å². The molecule has 1 amide bonds. The predicted octanol–water partition coefficient (Wildman–Crippen LogP) is 4.59. The van der Waals surface area contributed by atoms with Crippen molar-refractivity contribution in [2.75, 3.05) is 64.1 Å². The standard InChI is InChI=1S/C17H17ClN4S.C15H28N2O5/c1-9-10(2)23-17-15(9)16(12-4-6-13(18)7-5-12)21-8-14(20)22(17)11(3)19;1-3-22-15(19)11-21-10-14-6-13(7-16-8-14)9-20-5-4-17-12(2)18/h4-7,19-20H,8H2,1-3H3;13-14,16H,3-11H2,1-2H3,(H,17,18). The van der Waals surface area contributed by atoms with Gasteiger partial charge in [-0.1, -0.05) is 23.7 Å². The molecule has 0 aliphatic carbocycles. The number of hydrogen-bond acceptors (Lipinski definition) is 10. The quantitative estimate of drug-likeness (QED) is 0.119. The summed E-state index contributed by atoms with van der Waals surface area (Å²) in [6, 6.07) is 7.61. The maximum absolute atomic E-state index is 11.2. The minimum Gasteiger partial charge on any atom is -0.464 e. The van der Waals surface area contributed by atoms with Gasteiger partial charge in [-0.15, -0.1) is 11.3 Å². The number of aryl methyl sites for hydroxylation is 1. The van der Waals surface area contributed by atoms with E-state index in [1.165, 1.54) is 11.8 Å². The summed E-state index contributed by atoms with van der Waals surface area (Å²) in [6.45, 7) is 13.9. The number of rotatable bonds is 11. The number of nitrogens with one attached hydrogen (secondary N) is 4.